The first-order valence-corrected chi connectivity index (χ1v) is 6.56. The molecule has 1 saturated carbocycles. The van der Waals surface area contributed by atoms with E-state index in [0.29, 0.717) is 0 Å². The van der Waals surface area contributed by atoms with Gasteiger partial charge in [0.2, 0.25) is 5.91 Å². The maximum Gasteiger partial charge on any atom is 0.411 e. The summed E-state index contributed by atoms with van der Waals surface area (Å²) in [5, 5.41) is 5.91. The van der Waals surface area contributed by atoms with Gasteiger partial charge in [-0.15, -0.1) is 0 Å². The number of carbonyl (C=O) groups excluding carboxylic acids is 1. The molecule has 0 bridgehead atoms. The fourth-order valence-electron chi connectivity index (χ4n) is 2.75. The molecule has 1 aliphatic heterocycles. The molecular formula is C12H19F3N2O2. The Balaban J connectivity index is 1.58. The van der Waals surface area contributed by atoms with Crippen LogP contribution < -0.4 is 10.6 Å². The molecule has 19 heavy (non-hydrogen) atoms. The van der Waals surface area contributed by atoms with E-state index in [4.69, 9.17) is 0 Å². The van der Waals surface area contributed by atoms with Crippen LogP contribution in [0.4, 0.5) is 13.2 Å². The monoisotopic (exact) mass is 280 g/mol. The molecule has 1 aliphatic carbocycles. The third-order valence-corrected chi connectivity index (χ3v) is 3.92. The molecule has 1 amide bonds. The summed E-state index contributed by atoms with van der Waals surface area (Å²) >= 11 is 0. The number of hydrogen-bond acceptors (Lipinski definition) is 3. The molecule has 0 radical (unpaired) electrons. The fourth-order valence-corrected chi connectivity index (χ4v) is 2.75. The number of nitrogens with one attached hydrogen (secondary N) is 2. The Morgan fingerprint density at radius 2 is 2.05 bits per heavy atom. The number of halogens is 3. The van der Waals surface area contributed by atoms with Crippen molar-refractivity contribution >= 4 is 5.91 Å². The standard InChI is InChI=1S/C12H19F3N2O2/c13-12(14,15)8-19-6-5-17-10(18)9-7-11(9)1-3-16-4-2-11/h9,16H,1-8H2,(H,17,18). The van der Waals surface area contributed by atoms with Crippen LogP contribution in [-0.2, 0) is 9.53 Å². The van der Waals surface area contributed by atoms with Gasteiger partial charge in [-0.05, 0) is 37.8 Å². The lowest BCUT2D eigenvalue weighted by atomic mass is 9.92. The van der Waals surface area contributed by atoms with Crippen LogP contribution in [0.5, 0.6) is 0 Å². The summed E-state index contributed by atoms with van der Waals surface area (Å²) in [6, 6.07) is 0. The third-order valence-electron chi connectivity index (χ3n) is 3.92. The summed E-state index contributed by atoms with van der Waals surface area (Å²) in [4.78, 5) is 11.8. The van der Waals surface area contributed by atoms with Crippen molar-refractivity contribution in [1.82, 2.24) is 10.6 Å². The summed E-state index contributed by atoms with van der Waals surface area (Å²) in [5.41, 5.74) is 0.155. The van der Waals surface area contributed by atoms with E-state index >= 15 is 0 Å². The zero-order valence-electron chi connectivity index (χ0n) is 10.7. The summed E-state index contributed by atoms with van der Waals surface area (Å²) in [6.45, 7) is 0.658. The Labute approximate surface area is 110 Å². The Kier molecular flexibility index (Phi) is 4.35. The first-order chi connectivity index (χ1) is 8.93. The van der Waals surface area contributed by atoms with Crippen molar-refractivity contribution in [2.24, 2.45) is 11.3 Å². The van der Waals surface area contributed by atoms with Gasteiger partial charge < -0.3 is 15.4 Å². The van der Waals surface area contributed by atoms with Gasteiger partial charge in [0.05, 0.1) is 6.61 Å². The summed E-state index contributed by atoms with van der Waals surface area (Å²) in [5.74, 6) is -0.00488. The van der Waals surface area contributed by atoms with E-state index in [1.54, 1.807) is 0 Å². The Morgan fingerprint density at radius 3 is 2.68 bits per heavy atom. The first-order valence-electron chi connectivity index (χ1n) is 6.56. The minimum Gasteiger partial charge on any atom is -0.370 e. The molecule has 2 N–H and O–H groups in total. The molecular weight excluding hydrogens is 261 g/mol. The van der Waals surface area contributed by atoms with Crippen LogP contribution in [0.2, 0.25) is 0 Å². The molecule has 1 saturated heterocycles. The Bertz CT molecular complexity index is 327. The van der Waals surface area contributed by atoms with Gasteiger partial charge in [-0.3, -0.25) is 4.79 Å². The number of amides is 1. The molecule has 2 aliphatic rings. The van der Waals surface area contributed by atoms with Gasteiger partial charge in [-0.2, -0.15) is 13.2 Å². The molecule has 1 atom stereocenters. The molecule has 4 nitrogen and oxygen atoms in total. The van der Waals surface area contributed by atoms with Crippen LogP contribution in [0.25, 0.3) is 0 Å². The molecule has 0 aromatic carbocycles. The van der Waals surface area contributed by atoms with Crippen LogP contribution >= 0.6 is 0 Å². The summed E-state index contributed by atoms with van der Waals surface area (Å²) in [7, 11) is 0. The molecule has 2 rings (SSSR count). The van der Waals surface area contributed by atoms with Gasteiger partial charge in [0.15, 0.2) is 0 Å². The van der Waals surface area contributed by atoms with E-state index in [2.05, 4.69) is 15.4 Å². The van der Waals surface area contributed by atoms with Crippen molar-refractivity contribution in [3.8, 4) is 0 Å². The van der Waals surface area contributed by atoms with E-state index in [-0.39, 0.29) is 30.4 Å². The average molecular weight is 280 g/mol. The topological polar surface area (TPSA) is 50.4 Å². The molecule has 1 heterocycles. The van der Waals surface area contributed by atoms with Crippen molar-refractivity contribution in [2.45, 2.75) is 25.4 Å². The fraction of sp³-hybridized carbons (Fsp3) is 0.917. The predicted molar refractivity (Wildman–Crippen MR) is 62.5 cm³/mol. The molecule has 0 aromatic rings. The minimum absolute atomic E-state index is 0.0391. The van der Waals surface area contributed by atoms with E-state index in [9.17, 15) is 18.0 Å². The van der Waals surface area contributed by atoms with E-state index in [1.165, 1.54) is 0 Å². The van der Waals surface area contributed by atoms with E-state index < -0.39 is 12.8 Å². The number of hydrogen-bond donors (Lipinski definition) is 2. The summed E-state index contributed by atoms with van der Waals surface area (Å²) < 4.78 is 39.8. The number of rotatable bonds is 5. The lowest BCUT2D eigenvalue weighted by molar-refractivity contribution is -0.173. The van der Waals surface area contributed by atoms with Gasteiger partial charge in [0.25, 0.3) is 0 Å². The zero-order chi connectivity index (χ0) is 13.9. The van der Waals surface area contributed by atoms with Gasteiger partial charge in [-0.1, -0.05) is 0 Å². The molecule has 1 unspecified atom stereocenters. The quantitative estimate of drug-likeness (QED) is 0.741. The van der Waals surface area contributed by atoms with Crippen molar-refractivity contribution < 1.29 is 22.7 Å². The molecule has 110 valence electrons. The largest absolute Gasteiger partial charge is 0.411 e. The lowest BCUT2D eigenvalue weighted by Crippen LogP contribution is -2.35. The van der Waals surface area contributed by atoms with Crippen LogP contribution in [0, 0.1) is 11.3 Å². The van der Waals surface area contributed by atoms with Crippen molar-refractivity contribution in [1.29, 1.82) is 0 Å². The van der Waals surface area contributed by atoms with Crippen molar-refractivity contribution in [2.75, 3.05) is 32.8 Å². The number of alkyl halides is 3. The molecule has 0 aromatic heterocycles. The zero-order valence-corrected chi connectivity index (χ0v) is 10.7. The second kappa shape index (κ2) is 5.66. The second-order valence-electron chi connectivity index (χ2n) is 5.33. The maximum atomic E-state index is 11.8. The molecule has 1 spiro atoms. The van der Waals surface area contributed by atoms with Crippen LogP contribution in [-0.4, -0.2) is 44.9 Å². The van der Waals surface area contributed by atoms with Gasteiger partial charge >= 0.3 is 6.18 Å². The van der Waals surface area contributed by atoms with E-state index in [1.807, 2.05) is 0 Å². The Morgan fingerprint density at radius 1 is 1.37 bits per heavy atom. The van der Waals surface area contributed by atoms with Crippen LogP contribution in [0.15, 0.2) is 0 Å². The highest BCUT2D eigenvalue weighted by atomic mass is 19.4. The van der Waals surface area contributed by atoms with Crippen LogP contribution in [0.1, 0.15) is 19.3 Å². The van der Waals surface area contributed by atoms with Gasteiger partial charge in [0.1, 0.15) is 6.61 Å². The van der Waals surface area contributed by atoms with Crippen molar-refractivity contribution in [3.63, 3.8) is 0 Å². The predicted octanol–water partition coefficient (Wildman–Crippen LogP) is 1.07. The molecule has 2 fully saturated rings. The minimum atomic E-state index is -4.31. The van der Waals surface area contributed by atoms with Gasteiger partial charge in [-0.25, -0.2) is 0 Å². The Hall–Kier alpha value is -0.820. The highest BCUT2D eigenvalue weighted by Gasteiger charge is 2.57. The van der Waals surface area contributed by atoms with Crippen LogP contribution in [0.3, 0.4) is 0 Å². The summed E-state index contributed by atoms with van der Waals surface area (Å²) in [6.07, 6.45) is -1.38. The molecule has 7 heteroatoms. The smallest absolute Gasteiger partial charge is 0.370 e. The van der Waals surface area contributed by atoms with Crippen molar-refractivity contribution in [3.05, 3.63) is 0 Å². The number of ether oxygens (including phenoxy) is 1. The lowest BCUT2D eigenvalue weighted by Gasteiger charge is -2.23. The highest BCUT2D eigenvalue weighted by molar-refractivity contribution is 5.82. The second-order valence-corrected chi connectivity index (χ2v) is 5.33. The first kappa shape index (κ1) is 14.6. The number of carbonyl (C=O) groups is 1. The van der Waals surface area contributed by atoms with Gasteiger partial charge in [0, 0.05) is 12.5 Å². The maximum absolute atomic E-state index is 11.8. The highest BCUT2D eigenvalue weighted by Crippen LogP contribution is 2.58. The average Bonchev–Trinajstić information content (AvgIpc) is 3.02. The number of piperidine rings is 1. The normalized spacial score (nSPS) is 25.3. The van der Waals surface area contributed by atoms with E-state index in [0.717, 1.165) is 32.4 Å². The third kappa shape index (κ3) is 4.07. The SMILES string of the molecule is O=C(NCCOCC(F)(F)F)C1CC12CCNCC2.